The van der Waals surface area contributed by atoms with E-state index in [-0.39, 0.29) is 23.9 Å². The fourth-order valence-electron chi connectivity index (χ4n) is 6.69. The zero-order valence-electron chi connectivity index (χ0n) is 26.2. The second-order valence-corrected chi connectivity index (χ2v) is 12.0. The van der Waals surface area contributed by atoms with E-state index < -0.39 is 0 Å². The molecule has 1 unspecified atom stereocenters. The quantitative estimate of drug-likeness (QED) is 0.260. The number of nitrogens with zero attached hydrogens (tertiary/aromatic N) is 4. The van der Waals surface area contributed by atoms with Crippen molar-refractivity contribution in [2.45, 2.75) is 57.2 Å². The molecular weight excluding hydrogens is 584 g/mol. The van der Waals surface area contributed by atoms with Crippen LogP contribution in [0.15, 0.2) is 58.5 Å². The summed E-state index contributed by atoms with van der Waals surface area (Å²) in [7, 11) is 3.16. The number of hydrogen-bond acceptors (Lipinski definition) is 8. The summed E-state index contributed by atoms with van der Waals surface area (Å²) in [4.78, 5) is 39.8. The average Bonchev–Trinajstić information content (AvgIpc) is 3.47. The summed E-state index contributed by atoms with van der Waals surface area (Å²) in [5.74, 6) is 2.12. The first-order valence-electron chi connectivity index (χ1n) is 16.0. The van der Waals surface area contributed by atoms with Gasteiger partial charge in [0.2, 0.25) is 0 Å². The standard InChI is InChI=1S/C36H38N4O6/c1-43-31-16-27-29(37-20-25-11-8-12-39(25)35(27)41)18-33(31)45-13-6-3-7-14-46-34-19-30-28(17-32(34)44-2)36(42)40-22-24-10-5-4-9-23(24)15-26(40)21-38-30/h4-5,9-10,16-21,25-26H,3,6-8,11-15,22H2,1-2H3/t25-,26?/m0/s1. The number of amides is 2. The third-order valence-corrected chi connectivity index (χ3v) is 9.21. The molecule has 1 saturated heterocycles. The predicted molar refractivity (Wildman–Crippen MR) is 175 cm³/mol. The average molecular weight is 623 g/mol. The van der Waals surface area contributed by atoms with E-state index in [0.717, 1.165) is 45.1 Å². The molecule has 3 aromatic rings. The number of benzene rings is 3. The molecule has 0 aromatic heterocycles. The Labute approximate surface area is 268 Å². The number of carbonyl (C=O) groups is 2. The van der Waals surface area contributed by atoms with E-state index in [1.54, 1.807) is 38.5 Å². The Balaban J connectivity index is 0.938. The molecule has 0 radical (unpaired) electrons. The van der Waals surface area contributed by atoms with Crippen LogP contribution in [0.4, 0.5) is 11.4 Å². The summed E-state index contributed by atoms with van der Waals surface area (Å²) >= 11 is 0. The highest BCUT2D eigenvalue weighted by atomic mass is 16.5. The maximum Gasteiger partial charge on any atom is 0.257 e. The van der Waals surface area contributed by atoms with Crippen molar-refractivity contribution in [2.75, 3.05) is 34.0 Å². The van der Waals surface area contributed by atoms with Crippen LogP contribution < -0.4 is 18.9 Å². The van der Waals surface area contributed by atoms with E-state index in [2.05, 4.69) is 17.1 Å². The normalized spacial score (nSPS) is 19.3. The van der Waals surface area contributed by atoms with Gasteiger partial charge in [-0.1, -0.05) is 24.3 Å². The zero-order chi connectivity index (χ0) is 31.6. The molecule has 3 aromatic carbocycles. The topological polar surface area (TPSA) is 102 Å². The molecule has 4 heterocycles. The van der Waals surface area contributed by atoms with Crippen LogP contribution in [0.25, 0.3) is 0 Å². The molecule has 10 heteroatoms. The number of ether oxygens (including phenoxy) is 4. The lowest BCUT2D eigenvalue weighted by Gasteiger charge is -2.34. The Morgan fingerprint density at radius 3 is 1.93 bits per heavy atom. The highest BCUT2D eigenvalue weighted by Crippen LogP contribution is 2.40. The van der Waals surface area contributed by atoms with Crippen LogP contribution in [0.1, 0.15) is 63.9 Å². The smallest absolute Gasteiger partial charge is 0.257 e. The Bertz CT molecular complexity index is 1720. The van der Waals surface area contributed by atoms with Crippen molar-refractivity contribution in [3.8, 4) is 23.0 Å². The van der Waals surface area contributed by atoms with Gasteiger partial charge in [0, 0.05) is 37.7 Å². The summed E-state index contributed by atoms with van der Waals surface area (Å²) in [5, 5.41) is 0. The molecule has 0 N–H and O–H groups in total. The van der Waals surface area contributed by atoms with Gasteiger partial charge in [0.05, 0.1) is 62.0 Å². The van der Waals surface area contributed by atoms with Crippen LogP contribution >= 0.6 is 0 Å². The molecule has 10 nitrogen and oxygen atoms in total. The highest BCUT2D eigenvalue weighted by Gasteiger charge is 2.34. The van der Waals surface area contributed by atoms with Crippen LogP contribution in [-0.2, 0) is 13.0 Å². The molecule has 0 spiro atoms. The van der Waals surface area contributed by atoms with Crippen LogP contribution in [-0.4, -0.2) is 80.1 Å². The first kappa shape index (κ1) is 29.8. The SMILES string of the molecule is COc1cc2c(cc1OCCCCCOc1cc3c(cc1OC)C(=O)N1CCC[C@H]1C=N3)N=CC1Cc3ccccc3CN1C2=O. The van der Waals surface area contributed by atoms with Crippen molar-refractivity contribution in [3.05, 3.63) is 70.8 Å². The summed E-state index contributed by atoms with van der Waals surface area (Å²) in [5.41, 5.74) is 4.70. The maximum atomic E-state index is 13.6. The van der Waals surface area contributed by atoms with Gasteiger partial charge in [-0.25, -0.2) is 0 Å². The van der Waals surface area contributed by atoms with Gasteiger partial charge in [-0.2, -0.15) is 0 Å². The lowest BCUT2D eigenvalue weighted by molar-refractivity contribution is 0.0702. The second kappa shape index (κ2) is 12.9. The molecule has 1 fully saturated rings. The van der Waals surface area contributed by atoms with Gasteiger partial charge < -0.3 is 28.7 Å². The molecule has 4 aliphatic heterocycles. The van der Waals surface area contributed by atoms with E-state index in [1.165, 1.54) is 11.1 Å². The van der Waals surface area contributed by atoms with Crippen molar-refractivity contribution >= 4 is 35.6 Å². The molecule has 0 bridgehead atoms. The minimum absolute atomic E-state index is 0.00821. The van der Waals surface area contributed by atoms with Crippen molar-refractivity contribution in [1.29, 1.82) is 0 Å². The Hall–Kier alpha value is -4.86. The van der Waals surface area contributed by atoms with Gasteiger partial charge in [-0.15, -0.1) is 0 Å². The number of hydrogen-bond donors (Lipinski definition) is 0. The largest absolute Gasteiger partial charge is 0.493 e. The summed E-state index contributed by atoms with van der Waals surface area (Å²) in [6, 6.07) is 15.3. The first-order valence-corrected chi connectivity index (χ1v) is 16.0. The van der Waals surface area contributed by atoms with Crippen LogP contribution in [0, 0.1) is 0 Å². The molecule has 4 aliphatic rings. The highest BCUT2D eigenvalue weighted by molar-refractivity contribution is 6.04. The summed E-state index contributed by atoms with van der Waals surface area (Å²) < 4.78 is 23.4. The van der Waals surface area contributed by atoms with E-state index in [9.17, 15) is 9.59 Å². The first-order chi connectivity index (χ1) is 22.5. The summed E-state index contributed by atoms with van der Waals surface area (Å²) in [6.07, 6.45) is 8.92. The number of methoxy groups -OCH3 is 2. The minimum Gasteiger partial charge on any atom is -0.493 e. The van der Waals surface area contributed by atoms with Crippen molar-refractivity contribution < 1.29 is 28.5 Å². The predicted octanol–water partition coefficient (Wildman–Crippen LogP) is 5.94. The van der Waals surface area contributed by atoms with E-state index >= 15 is 0 Å². The lowest BCUT2D eigenvalue weighted by Crippen LogP contribution is -2.44. The van der Waals surface area contributed by atoms with Gasteiger partial charge in [0.1, 0.15) is 0 Å². The van der Waals surface area contributed by atoms with Gasteiger partial charge in [-0.05, 0) is 61.8 Å². The van der Waals surface area contributed by atoms with Crippen molar-refractivity contribution in [3.63, 3.8) is 0 Å². The third-order valence-electron chi connectivity index (χ3n) is 9.21. The van der Waals surface area contributed by atoms with Crippen molar-refractivity contribution in [2.24, 2.45) is 9.98 Å². The van der Waals surface area contributed by atoms with Crippen molar-refractivity contribution in [1.82, 2.24) is 9.80 Å². The molecule has 0 aliphatic carbocycles. The molecule has 2 atom stereocenters. The molecule has 46 heavy (non-hydrogen) atoms. The Morgan fingerprint density at radius 2 is 1.30 bits per heavy atom. The third kappa shape index (κ3) is 5.68. The van der Waals surface area contributed by atoms with E-state index in [0.29, 0.717) is 65.3 Å². The van der Waals surface area contributed by atoms with Crippen LogP contribution in [0.3, 0.4) is 0 Å². The van der Waals surface area contributed by atoms with Gasteiger partial charge >= 0.3 is 0 Å². The molecular formula is C36H38N4O6. The van der Waals surface area contributed by atoms with Gasteiger partial charge in [-0.3, -0.25) is 19.6 Å². The van der Waals surface area contributed by atoms with Crippen LogP contribution in [0.5, 0.6) is 23.0 Å². The van der Waals surface area contributed by atoms with Gasteiger partial charge in [0.25, 0.3) is 11.8 Å². The van der Waals surface area contributed by atoms with Gasteiger partial charge in [0.15, 0.2) is 23.0 Å². The lowest BCUT2D eigenvalue weighted by atomic mass is 9.94. The number of aliphatic imine (C=N–C) groups is 2. The summed E-state index contributed by atoms with van der Waals surface area (Å²) in [6.45, 7) is 2.28. The van der Waals surface area contributed by atoms with E-state index in [4.69, 9.17) is 23.9 Å². The Morgan fingerprint density at radius 1 is 0.717 bits per heavy atom. The van der Waals surface area contributed by atoms with E-state index in [1.807, 2.05) is 34.4 Å². The molecule has 238 valence electrons. The molecule has 7 rings (SSSR count). The number of unbranched alkanes of at least 4 members (excludes halogenated alkanes) is 2. The fourth-order valence-corrected chi connectivity index (χ4v) is 6.69. The second-order valence-electron chi connectivity index (χ2n) is 12.0. The number of carbonyl (C=O) groups excluding carboxylic acids is 2. The van der Waals surface area contributed by atoms with Crippen LogP contribution in [0.2, 0.25) is 0 Å². The molecule has 2 amide bonds. The fraction of sp³-hybridized carbons (Fsp3) is 0.389. The number of rotatable bonds is 10. The minimum atomic E-state index is -0.0916. The molecule has 0 saturated carbocycles. The monoisotopic (exact) mass is 622 g/mol. The number of fused-ring (bicyclic) bond motifs is 5. The Kier molecular flexibility index (Phi) is 8.34. The zero-order valence-corrected chi connectivity index (χ0v) is 26.2. The maximum absolute atomic E-state index is 13.6.